The normalized spacial score (nSPS) is 23.0. The summed E-state index contributed by atoms with van der Waals surface area (Å²) in [4.78, 5) is 12.4. The first kappa shape index (κ1) is 13.7. The van der Waals surface area contributed by atoms with Crippen molar-refractivity contribution in [3.05, 3.63) is 28.8 Å². The first-order chi connectivity index (χ1) is 8.58. The predicted octanol–water partition coefficient (Wildman–Crippen LogP) is 3.34. The van der Waals surface area contributed by atoms with E-state index < -0.39 is 0 Å². The molecule has 1 aromatic rings. The molecule has 0 bridgehead atoms. The highest BCUT2D eigenvalue weighted by Gasteiger charge is 2.25. The van der Waals surface area contributed by atoms with Crippen LogP contribution in [0.1, 0.15) is 29.6 Å². The van der Waals surface area contributed by atoms with Crippen molar-refractivity contribution in [2.24, 2.45) is 5.92 Å². The fraction of sp³-hybridized carbons (Fsp3) is 0.462. The summed E-state index contributed by atoms with van der Waals surface area (Å²) in [5.74, 6) is 0.149. The van der Waals surface area contributed by atoms with Crippen LogP contribution >= 0.6 is 27.5 Å². The van der Waals surface area contributed by atoms with Crippen molar-refractivity contribution in [2.45, 2.75) is 24.1 Å². The molecule has 18 heavy (non-hydrogen) atoms. The van der Waals surface area contributed by atoms with Crippen molar-refractivity contribution in [1.82, 2.24) is 5.32 Å². The van der Waals surface area contributed by atoms with Gasteiger partial charge in [0.2, 0.25) is 0 Å². The van der Waals surface area contributed by atoms with Crippen LogP contribution in [-0.4, -0.2) is 22.4 Å². The van der Waals surface area contributed by atoms with Crippen LogP contribution in [0, 0.1) is 5.92 Å². The standard InChI is InChI=1S/C13H15BrClNO2/c14-11-3-1-2-8(11)7-16-13(18)10-6-9(15)4-5-12(10)17/h4-6,8,11,17H,1-3,7H2,(H,16,18). The lowest BCUT2D eigenvalue weighted by Gasteiger charge is -2.15. The largest absolute Gasteiger partial charge is 0.507 e. The molecule has 1 saturated carbocycles. The second-order valence-electron chi connectivity index (χ2n) is 4.58. The van der Waals surface area contributed by atoms with Crippen molar-refractivity contribution >= 4 is 33.4 Å². The summed E-state index contributed by atoms with van der Waals surface area (Å²) in [6, 6.07) is 4.46. The topological polar surface area (TPSA) is 49.3 Å². The molecule has 0 radical (unpaired) electrons. The van der Waals surface area contributed by atoms with Gasteiger partial charge in [0, 0.05) is 16.4 Å². The molecule has 0 aliphatic heterocycles. The van der Waals surface area contributed by atoms with Gasteiger partial charge in [-0.15, -0.1) is 0 Å². The van der Waals surface area contributed by atoms with E-state index in [0.717, 1.165) is 12.8 Å². The third-order valence-electron chi connectivity index (χ3n) is 3.29. The number of aromatic hydroxyl groups is 1. The van der Waals surface area contributed by atoms with E-state index in [0.29, 0.717) is 22.3 Å². The summed E-state index contributed by atoms with van der Waals surface area (Å²) >= 11 is 9.43. The van der Waals surface area contributed by atoms with Gasteiger partial charge in [0.15, 0.2) is 0 Å². The van der Waals surface area contributed by atoms with Crippen LogP contribution in [0.2, 0.25) is 5.02 Å². The number of nitrogens with one attached hydrogen (secondary N) is 1. The minimum Gasteiger partial charge on any atom is -0.507 e. The van der Waals surface area contributed by atoms with Gasteiger partial charge in [-0.2, -0.15) is 0 Å². The Balaban J connectivity index is 1.97. The number of rotatable bonds is 3. The lowest BCUT2D eigenvalue weighted by atomic mass is 10.1. The summed E-state index contributed by atoms with van der Waals surface area (Å²) in [5.41, 5.74) is 0.228. The number of alkyl halides is 1. The molecule has 2 unspecified atom stereocenters. The van der Waals surface area contributed by atoms with E-state index in [2.05, 4.69) is 21.2 Å². The van der Waals surface area contributed by atoms with E-state index in [4.69, 9.17) is 11.6 Å². The fourth-order valence-corrected chi connectivity index (χ4v) is 3.18. The van der Waals surface area contributed by atoms with Gasteiger partial charge < -0.3 is 10.4 Å². The Bertz CT molecular complexity index is 453. The van der Waals surface area contributed by atoms with Gasteiger partial charge in [-0.1, -0.05) is 34.0 Å². The van der Waals surface area contributed by atoms with Crippen molar-refractivity contribution in [3.63, 3.8) is 0 Å². The summed E-state index contributed by atoms with van der Waals surface area (Å²) in [5, 5.41) is 12.9. The summed E-state index contributed by atoms with van der Waals surface area (Å²) < 4.78 is 0. The fourth-order valence-electron chi connectivity index (χ4n) is 2.23. The maximum atomic E-state index is 11.9. The minimum absolute atomic E-state index is 0.0429. The van der Waals surface area contributed by atoms with Gasteiger partial charge >= 0.3 is 0 Å². The molecule has 1 aliphatic rings. The Morgan fingerprint density at radius 2 is 2.28 bits per heavy atom. The molecule has 1 amide bonds. The van der Waals surface area contributed by atoms with E-state index in [1.54, 1.807) is 6.07 Å². The quantitative estimate of drug-likeness (QED) is 0.834. The van der Waals surface area contributed by atoms with Crippen LogP contribution in [0.3, 0.4) is 0 Å². The molecule has 0 aromatic heterocycles. The molecule has 1 aromatic carbocycles. The lowest BCUT2D eigenvalue weighted by molar-refractivity contribution is 0.0945. The van der Waals surface area contributed by atoms with Crippen LogP contribution in [-0.2, 0) is 0 Å². The molecule has 1 aliphatic carbocycles. The van der Waals surface area contributed by atoms with E-state index in [9.17, 15) is 9.90 Å². The van der Waals surface area contributed by atoms with Gasteiger partial charge in [0.1, 0.15) is 5.75 Å². The number of phenolic OH excluding ortho intramolecular Hbond substituents is 1. The van der Waals surface area contributed by atoms with Crippen molar-refractivity contribution in [2.75, 3.05) is 6.54 Å². The molecule has 0 spiro atoms. The molecular formula is C13H15BrClNO2. The maximum Gasteiger partial charge on any atom is 0.255 e. The van der Waals surface area contributed by atoms with Crippen molar-refractivity contribution in [3.8, 4) is 5.75 Å². The van der Waals surface area contributed by atoms with E-state index in [-0.39, 0.29) is 17.2 Å². The Hall–Kier alpha value is -0.740. The molecular weight excluding hydrogens is 318 g/mol. The number of hydrogen-bond acceptors (Lipinski definition) is 2. The molecule has 0 saturated heterocycles. The molecule has 0 heterocycles. The number of halogens is 2. The zero-order chi connectivity index (χ0) is 13.1. The highest BCUT2D eigenvalue weighted by atomic mass is 79.9. The van der Waals surface area contributed by atoms with E-state index in [1.807, 2.05) is 0 Å². The monoisotopic (exact) mass is 331 g/mol. The average Bonchev–Trinajstić information content (AvgIpc) is 2.75. The second kappa shape index (κ2) is 5.93. The van der Waals surface area contributed by atoms with E-state index in [1.165, 1.54) is 18.6 Å². The Labute approximate surface area is 120 Å². The molecule has 5 heteroatoms. The van der Waals surface area contributed by atoms with Crippen molar-refractivity contribution in [1.29, 1.82) is 0 Å². The highest BCUT2D eigenvalue weighted by Crippen LogP contribution is 2.31. The van der Waals surface area contributed by atoms with Crippen LogP contribution in [0.5, 0.6) is 5.75 Å². The van der Waals surface area contributed by atoms with Gasteiger partial charge in [-0.25, -0.2) is 0 Å². The maximum absolute atomic E-state index is 11.9. The smallest absolute Gasteiger partial charge is 0.255 e. The summed E-state index contributed by atoms with van der Waals surface area (Å²) in [6.07, 6.45) is 3.47. The number of phenols is 1. The lowest BCUT2D eigenvalue weighted by Crippen LogP contribution is -2.31. The number of carbonyl (C=O) groups is 1. The van der Waals surface area contributed by atoms with Crippen LogP contribution < -0.4 is 5.32 Å². The summed E-state index contributed by atoms with van der Waals surface area (Å²) in [6.45, 7) is 0.626. The van der Waals surface area contributed by atoms with Crippen molar-refractivity contribution < 1.29 is 9.90 Å². The minimum atomic E-state index is -0.276. The van der Waals surface area contributed by atoms with Crippen LogP contribution in [0.15, 0.2) is 18.2 Å². The Morgan fingerprint density at radius 3 is 2.94 bits per heavy atom. The third kappa shape index (κ3) is 3.18. The number of carbonyl (C=O) groups excluding carboxylic acids is 1. The average molecular weight is 333 g/mol. The molecule has 98 valence electrons. The first-order valence-electron chi connectivity index (χ1n) is 5.98. The molecule has 2 rings (SSSR count). The van der Waals surface area contributed by atoms with E-state index >= 15 is 0 Å². The molecule has 1 fully saturated rings. The van der Waals surface area contributed by atoms with Gasteiger partial charge in [-0.3, -0.25) is 4.79 Å². The second-order valence-corrected chi connectivity index (χ2v) is 6.19. The zero-order valence-electron chi connectivity index (χ0n) is 9.83. The van der Waals surface area contributed by atoms with Crippen LogP contribution in [0.4, 0.5) is 0 Å². The predicted molar refractivity (Wildman–Crippen MR) is 75.5 cm³/mol. The highest BCUT2D eigenvalue weighted by molar-refractivity contribution is 9.09. The number of benzene rings is 1. The number of hydrogen-bond donors (Lipinski definition) is 2. The number of amides is 1. The van der Waals surface area contributed by atoms with Gasteiger partial charge in [-0.05, 0) is 37.0 Å². The Kier molecular flexibility index (Phi) is 4.51. The SMILES string of the molecule is O=C(NCC1CCCC1Br)c1cc(Cl)ccc1O. The van der Waals surface area contributed by atoms with Gasteiger partial charge in [0.25, 0.3) is 5.91 Å². The molecule has 2 N–H and O–H groups in total. The first-order valence-corrected chi connectivity index (χ1v) is 7.28. The van der Waals surface area contributed by atoms with Gasteiger partial charge in [0.05, 0.1) is 5.56 Å². The molecule has 3 nitrogen and oxygen atoms in total. The zero-order valence-corrected chi connectivity index (χ0v) is 12.2. The Morgan fingerprint density at radius 1 is 1.50 bits per heavy atom. The third-order valence-corrected chi connectivity index (χ3v) is 4.73. The van der Waals surface area contributed by atoms with Crippen LogP contribution in [0.25, 0.3) is 0 Å². The summed E-state index contributed by atoms with van der Waals surface area (Å²) in [7, 11) is 0. The molecule has 2 atom stereocenters.